The quantitative estimate of drug-likeness (QED) is 0.257. The summed E-state index contributed by atoms with van der Waals surface area (Å²) in [5.41, 5.74) is 6.53. The Morgan fingerprint density at radius 1 is 1.04 bits per heavy atom. The highest BCUT2D eigenvalue weighted by Crippen LogP contribution is 2.57. The lowest BCUT2D eigenvalue weighted by molar-refractivity contribution is -0.191. The van der Waals surface area contributed by atoms with Crippen molar-refractivity contribution in [2.24, 2.45) is 10.9 Å². The van der Waals surface area contributed by atoms with Crippen molar-refractivity contribution in [2.45, 2.75) is 88.8 Å². The maximum Gasteiger partial charge on any atom is 0.471 e. The van der Waals surface area contributed by atoms with E-state index in [1.165, 1.54) is 28.8 Å². The number of likely N-dealkylation sites (tertiary alicyclic amines) is 1. The number of halogens is 6. The minimum atomic E-state index is -4.99. The van der Waals surface area contributed by atoms with E-state index in [9.17, 15) is 27.6 Å². The van der Waals surface area contributed by atoms with Crippen molar-refractivity contribution in [3.05, 3.63) is 74.0 Å². The number of hydrogen-bond donors (Lipinski definition) is 1. The summed E-state index contributed by atoms with van der Waals surface area (Å²) in [6.07, 6.45) is -3.29. The number of nitrogen functional groups attached to an aromatic ring is 1. The Kier molecular flexibility index (Phi) is 9.09. The zero-order valence-corrected chi connectivity index (χ0v) is 31.3. The van der Waals surface area contributed by atoms with Crippen molar-refractivity contribution in [2.75, 3.05) is 25.4 Å². The third-order valence-electron chi connectivity index (χ3n) is 11.1. The van der Waals surface area contributed by atoms with Gasteiger partial charge in [0.2, 0.25) is 5.91 Å². The predicted octanol–water partition coefficient (Wildman–Crippen LogP) is 7.10. The number of anilines is 1. The smallest absolute Gasteiger partial charge is 0.398 e. The summed E-state index contributed by atoms with van der Waals surface area (Å²) >= 11 is 13.6. The Balaban J connectivity index is 1.22. The number of piperazine rings is 1. The van der Waals surface area contributed by atoms with Gasteiger partial charge in [-0.05, 0) is 92.6 Å². The summed E-state index contributed by atoms with van der Waals surface area (Å²) < 4.78 is 55.2. The average Bonchev–Trinajstić information content (AvgIpc) is 3.42. The first-order valence-electron chi connectivity index (χ1n) is 17.2. The van der Waals surface area contributed by atoms with Crippen LogP contribution in [0.25, 0.3) is 0 Å². The molecule has 1 spiro atoms. The highest BCUT2D eigenvalue weighted by atomic mass is 35.5. The SMILES string of the molecule is CC(C)C1=C(C(=O)N2[C@H](C)CC[C@H]2C(=O)N2CCN(C(=O)C(F)(F)F)C3(CC3)C2)SC2=N[C@@](C)(c3ccc(Cl)c(N)c3)[C@@H](c3ccc(Cl)c(F)c3)N21. The molecule has 2 saturated heterocycles. The number of alkyl halides is 3. The number of allylic oxidation sites excluding steroid dienone is 1. The largest absolute Gasteiger partial charge is 0.471 e. The molecule has 7 rings (SSSR count). The average molecular weight is 782 g/mol. The van der Waals surface area contributed by atoms with Crippen LogP contribution < -0.4 is 5.73 Å². The Morgan fingerprint density at radius 3 is 2.35 bits per heavy atom. The summed E-state index contributed by atoms with van der Waals surface area (Å²) in [5, 5.41) is 0.871. The standard InChI is InChI=1S/C36H38Cl2F4N6O3S/c1-18(2)27-28(31(50)47-19(3)5-10-26(47)30(49)45-13-14-46(32(51)36(40,41)42)35(17-45)11-12-35)52-33-44-34(4,21-7-9-23(38)25(43)16-21)29(48(27)33)20-6-8-22(37)24(39)15-20/h6-9,15-16,18-19,26,29H,5,10-14,17,43H2,1-4H3/t19-,26+,29-,34+/m1/s1. The molecular formula is C36H38Cl2F4N6O3S. The molecule has 0 aromatic heterocycles. The molecule has 0 bridgehead atoms. The van der Waals surface area contributed by atoms with Crippen LogP contribution in [-0.4, -0.2) is 85.9 Å². The zero-order valence-electron chi connectivity index (χ0n) is 28.9. The lowest BCUT2D eigenvalue weighted by Crippen LogP contribution is -2.62. The first kappa shape index (κ1) is 36.9. The molecule has 9 nitrogen and oxygen atoms in total. The van der Waals surface area contributed by atoms with Crippen LogP contribution in [0.2, 0.25) is 10.0 Å². The molecule has 2 aromatic carbocycles. The van der Waals surface area contributed by atoms with Gasteiger partial charge in [0.15, 0.2) is 5.17 Å². The molecule has 2 N–H and O–H groups in total. The first-order valence-corrected chi connectivity index (χ1v) is 18.8. The highest BCUT2D eigenvalue weighted by Gasteiger charge is 2.60. The van der Waals surface area contributed by atoms with Crippen LogP contribution in [0, 0.1) is 11.7 Å². The molecule has 2 aromatic rings. The fourth-order valence-corrected chi connectivity index (χ4v) is 9.86. The third kappa shape index (κ3) is 5.92. The maximum atomic E-state index is 15.1. The number of amides is 3. The van der Waals surface area contributed by atoms with Crippen LogP contribution in [0.1, 0.15) is 70.5 Å². The minimum absolute atomic E-state index is 0.00698. The van der Waals surface area contributed by atoms with Gasteiger partial charge in [-0.3, -0.25) is 14.4 Å². The van der Waals surface area contributed by atoms with Crippen molar-refractivity contribution in [1.29, 1.82) is 0 Å². The normalized spacial score (nSPS) is 26.8. The van der Waals surface area contributed by atoms with Crippen molar-refractivity contribution in [3.63, 3.8) is 0 Å². The van der Waals surface area contributed by atoms with Gasteiger partial charge in [-0.2, -0.15) is 13.2 Å². The van der Waals surface area contributed by atoms with E-state index in [-0.39, 0.29) is 48.4 Å². The van der Waals surface area contributed by atoms with E-state index in [0.717, 1.165) is 10.5 Å². The number of carbonyl (C=O) groups excluding carboxylic acids is 3. The van der Waals surface area contributed by atoms with Crippen LogP contribution in [0.4, 0.5) is 23.2 Å². The molecular weight excluding hydrogens is 743 g/mol. The van der Waals surface area contributed by atoms with Gasteiger partial charge in [-0.25, -0.2) is 9.38 Å². The topological polar surface area (TPSA) is 103 Å². The summed E-state index contributed by atoms with van der Waals surface area (Å²) in [6.45, 7) is 7.42. The zero-order chi connectivity index (χ0) is 37.7. The molecule has 0 radical (unpaired) electrons. The number of hydrogen-bond acceptors (Lipinski definition) is 7. The van der Waals surface area contributed by atoms with Crippen molar-refractivity contribution < 1.29 is 31.9 Å². The molecule has 4 heterocycles. The summed E-state index contributed by atoms with van der Waals surface area (Å²) in [7, 11) is 0. The lowest BCUT2D eigenvalue weighted by atomic mass is 9.81. The van der Waals surface area contributed by atoms with Crippen molar-refractivity contribution in [3.8, 4) is 0 Å². The van der Waals surface area contributed by atoms with Gasteiger partial charge in [0.1, 0.15) is 22.3 Å². The molecule has 0 unspecified atom stereocenters. The fourth-order valence-electron chi connectivity index (χ4n) is 8.28. The molecule has 3 fully saturated rings. The monoisotopic (exact) mass is 780 g/mol. The molecule has 3 amide bonds. The number of benzene rings is 2. The number of amidine groups is 1. The fraction of sp³-hybridized carbons (Fsp3) is 0.500. The molecule has 4 aliphatic heterocycles. The van der Waals surface area contributed by atoms with Gasteiger partial charge in [0.25, 0.3) is 5.91 Å². The van der Waals surface area contributed by atoms with Gasteiger partial charge in [-0.1, -0.05) is 49.2 Å². The Hall–Kier alpha value is -3.49. The predicted molar refractivity (Wildman–Crippen MR) is 192 cm³/mol. The molecule has 278 valence electrons. The van der Waals surface area contributed by atoms with Gasteiger partial charge in [0.05, 0.1) is 27.3 Å². The van der Waals surface area contributed by atoms with E-state index in [2.05, 4.69) is 0 Å². The summed E-state index contributed by atoms with van der Waals surface area (Å²) in [6, 6.07) is 8.11. The number of fused-ring (bicyclic) bond motifs is 1. The second-order valence-corrected chi connectivity index (χ2v) is 16.6. The second kappa shape index (κ2) is 12.8. The minimum Gasteiger partial charge on any atom is -0.398 e. The number of carbonyl (C=O) groups is 3. The Morgan fingerprint density at radius 2 is 1.73 bits per heavy atom. The van der Waals surface area contributed by atoms with Gasteiger partial charge < -0.3 is 25.3 Å². The van der Waals surface area contributed by atoms with Gasteiger partial charge in [0, 0.05) is 31.4 Å². The Bertz CT molecular complexity index is 1940. The van der Waals surface area contributed by atoms with E-state index in [1.807, 2.05) is 38.7 Å². The van der Waals surface area contributed by atoms with Crippen LogP contribution in [-0.2, 0) is 19.9 Å². The highest BCUT2D eigenvalue weighted by molar-refractivity contribution is 8.18. The molecule has 16 heteroatoms. The molecule has 4 atom stereocenters. The van der Waals surface area contributed by atoms with E-state index in [4.69, 9.17) is 33.9 Å². The number of nitrogens with zero attached hydrogens (tertiary/aromatic N) is 5. The second-order valence-electron chi connectivity index (χ2n) is 14.8. The van der Waals surface area contributed by atoms with Gasteiger partial charge in [-0.15, -0.1) is 0 Å². The molecule has 1 saturated carbocycles. The van der Waals surface area contributed by atoms with Crippen LogP contribution in [0.3, 0.4) is 0 Å². The molecule has 52 heavy (non-hydrogen) atoms. The number of nitrogens with two attached hydrogens (primary N) is 1. The van der Waals surface area contributed by atoms with Crippen LogP contribution in [0.5, 0.6) is 0 Å². The van der Waals surface area contributed by atoms with Crippen molar-refractivity contribution in [1.82, 2.24) is 19.6 Å². The van der Waals surface area contributed by atoms with Crippen molar-refractivity contribution >= 4 is 63.5 Å². The van der Waals surface area contributed by atoms with E-state index >= 15 is 4.39 Å². The van der Waals surface area contributed by atoms with E-state index in [1.54, 1.807) is 23.1 Å². The Labute approximate surface area is 313 Å². The molecule has 5 aliphatic rings. The van der Waals surface area contributed by atoms with Crippen LogP contribution >= 0.6 is 35.0 Å². The third-order valence-corrected chi connectivity index (χ3v) is 12.8. The number of thioether (sulfide) groups is 1. The maximum absolute atomic E-state index is 15.1. The summed E-state index contributed by atoms with van der Waals surface area (Å²) in [4.78, 5) is 52.6. The van der Waals surface area contributed by atoms with Gasteiger partial charge >= 0.3 is 12.1 Å². The first-order chi connectivity index (χ1) is 24.4. The summed E-state index contributed by atoms with van der Waals surface area (Å²) in [5.74, 6) is -3.38. The van der Waals surface area contributed by atoms with Crippen LogP contribution in [0.15, 0.2) is 52.0 Å². The molecule has 1 aliphatic carbocycles. The van der Waals surface area contributed by atoms with E-state index < -0.39 is 41.1 Å². The number of aliphatic imine (C=N–C) groups is 1. The lowest BCUT2D eigenvalue weighted by Gasteiger charge is -2.43. The number of rotatable bonds is 5. The van der Waals surface area contributed by atoms with E-state index in [0.29, 0.717) is 57.7 Å².